The molecule has 0 saturated heterocycles. The summed E-state index contributed by atoms with van der Waals surface area (Å²) >= 11 is 1.69. The molecule has 3 nitrogen and oxygen atoms in total. The van der Waals surface area contributed by atoms with Crippen molar-refractivity contribution >= 4 is 17.0 Å². The Morgan fingerprint density at radius 1 is 0.731 bits per heavy atom. The van der Waals surface area contributed by atoms with Crippen molar-refractivity contribution in [3.05, 3.63) is 78.2 Å². The van der Waals surface area contributed by atoms with Crippen molar-refractivity contribution in [3.63, 3.8) is 0 Å². The highest BCUT2D eigenvalue weighted by Gasteiger charge is 2.11. The van der Waals surface area contributed by atoms with E-state index < -0.39 is 0 Å². The van der Waals surface area contributed by atoms with E-state index in [0.29, 0.717) is 0 Å². The molecule has 0 N–H and O–H groups in total. The SMILES string of the molecule is CN(C)c1ccc(-c2cc(-c3cccs3)nc(-c3ccccc3)n2)cc1. The van der Waals surface area contributed by atoms with Crippen molar-refractivity contribution in [2.45, 2.75) is 0 Å². The third-order valence-corrected chi connectivity index (χ3v) is 5.10. The summed E-state index contributed by atoms with van der Waals surface area (Å²) in [6.07, 6.45) is 0. The third-order valence-electron chi connectivity index (χ3n) is 4.21. The van der Waals surface area contributed by atoms with Gasteiger partial charge >= 0.3 is 0 Å². The first-order valence-corrected chi connectivity index (χ1v) is 9.35. The van der Waals surface area contributed by atoms with E-state index in [-0.39, 0.29) is 0 Å². The van der Waals surface area contributed by atoms with Crippen LogP contribution in [0.2, 0.25) is 0 Å². The Hall–Kier alpha value is -2.98. The van der Waals surface area contributed by atoms with E-state index >= 15 is 0 Å². The molecule has 0 unspecified atom stereocenters. The lowest BCUT2D eigenvalue weighted by atomic mass is 10.1. The van der Waals surface area contributed by atoms with Crippen LogP contribution in [0.1, 0.15) is 0 Å². The van der Waals surface area contributed by atoms with E-state index in [0.717, 1.165) is 33.2 Å². The standard InChI is InChI=1S/C22H19N3S/c1-25(2)18-12-10-16(11-13-18)19-15-20(21-9-6-14-26-21)24-22(23-19)17-7-4-3-5-8-17/h3-15H,1-2H3. The van der Waals surface area contributed by atoms with Crippen LogP contribution in [0.15, 0.2) is 78.2 Å². The van der Waals surface area contributed by atoms with Gasteiger partial charge in [-0.05, 0) is 29.6 Å². The van der Waals surface area contributed by atoms with Crippen molar-refractivity contribution in [2.75, 3.05) is 19.0 Å². The van der Waals surface area contributed by atoms with Gasteiger partial charge in [0.1, 0.15) is 0 Å². The summed E-state index contributed by atoms with van der Waals surface area (Å²) in [5, 5.41) is 2.07. The van der Waals surface area contributed by atoms with E-state index in [4.69, 9.17) is 9.97 Å². The van der Waals surface area contributed by atoms with Crippen LogP contribution in [0.4, 0.5) is 5.69 Å². The van der Waals surface area contributed by atoms with Gasteiger partial charge in [0.25, 0.3) is 0 Å². The molecule has 0 atom stereocenters. The zero-order chi connectivity index (χ0) is 17.9. The van der Waals surface area contributed by atoms with Gasteiger partial charge in [0.05, 0.1) is 16.3 Å². The Bertz CT molecular complexity index is 992. The summed E-state index contributed by atoms with van der Waals surface area (Å²) in [7, 11) is 4.09. The van der Waals surface area contributed by atoms with Gasteiger partial charge in [0.15, 0.2) is 5.82 Å². The van der Waals surface area contributed by atoms with E-state index in [1.54, 1.807) is 11.3 Å². The Kier molecular flexibility index (Phi) is 4.50. The largest absolute Gasteiger partial charge is 0.378 e. The fourth-order valence-corrected chi connectivity index (χ4v) is 3.48. The summed E-state index contributed by atoms with van der Waals surface area (Å²) < 4.78 is 0. The molecular weight excluding hydrogens is 338 g/mol. The highest BCUT2D eigenvalue weighted by molar-refractivity contribution is 7.13. The number of hydrogen-bond donors (Lipinski definition) is 0. The molecule has 0 aliphatic heterocycles. The Balaban J connectivity index is 1.84. The fraction of sp³-hybridized carbons (Fsp3) is 0.0909. The number of hydrogen-bond acceptors (Lipinski definition) is 4. The number of anilines is 1. The zero-order valence-corrected chi connectivity index (χ0v) is 15.6. The van der Waals surface area contributed by atoms with Crippen molar-refractivity contribution in [3.8, 4) is 33.2 Å². The van der Waals surface area contributed by atoms with Gasteiger partial charge in [-0.3, -0.25) is 0 Å². The van der Waals surface area contributed by atoms with Crippen LogP contribution < -0.4 is 4.90 Å². The third kappa shape index (κ3) is 3.37. The number of nitrogens with zero attached hydrogens (tertiary/aromatic N) is 3. The minimum absolute atomic E-state index is 0.753. The molecule has 128 valence electrons. The van der Waals surface area contributed by atoms with Crippen LogP contribution in [0.3, 0.4) is 0 Å². The lowest BCUT2D eigenvalue weighted by molar-refractivity contribution is 1.13. The maximum absolute atomic E-state index is 4.84. The highest BCUT2D eigenvalue weighted by atomic mass is 32.1. The molecule has 0 fully saturated rings. The maximum Gasteiger partial charge on any atom is 0.160 e. The highest BCUT2D eigenvalue weighted by Crippen LogP contribution is 2.30. The van der Waals surface area contributed by atoms with Crippen LogP contribution in [0, 0.1) is 0 Å². The van der Waals surface area contributed by atoms with Crippen LogP contribution in [0.25, 0.3) is 33.2 Å². The summed E-state index contributed by atoms with van der Waals surface area (Å²) in [5.74, 6) is 0.753. The van der Waals surface area contributed by atoms with E-state index in [2.05, 4.69) is 52.7 Å². The molecule has 0 aliphatic rings. The predicted octanol–water partition coefficient (Wildman–Crippen LogP) is 5.61. The first-order valence-electron chi connectivity index (χ1n) is 8.47. The second-order valence-corrected chi connectivity index (χ2v) is 7.19. The van der Waals surface area contributed by atoms with E-state index in [9.17, 15) is 0 Å². The van der Waals surface area contributed by atoms with E-state index in [1.165, 1.54) is 5.69 Å². The van der Waals surface area contributed by atoms with Gasteiger partial charge in [0.2, 0.25) is 0 Å². The van der Waals surface area contributed by atoms with Crippen molar-refractivity contribution in [1.82, 2.24) is 9.97 Å². The smallest absolute Gasteiger partial charge is 0.160 e. The summed E-state index contributed by atoms with van der Waals surface area (Å²) in [5.41, 5.74) is 5.18. The van der Waals surface area contributed by atoms with Crippen molar-refractivity contribution in [2.24, 2.45) is 0 Å². The molecule has 4 rings (SSSR count). The molecule has 2 aromatic heterocycles. The number of aromatic nitrogens is 2. The topological polar surface area (TPSA) is 29.0 Å². The summed E-state index contributed by atoms with van der Waals surface area (Å²) in [6, 6.07) is 24.8. The molecule has 0 amide bonds. The molecule has 26 heavy (non-hydrogen) atoms. The fourth-order valence-electron chi connectivity index (χ4n) is 2.79. The van der Waals surface area contributed by atoms with Gasteiger partial charge < -0.3 is 4.90 Å². The normalized spacial score (nSPS) is 10.7. The van der Waals surface area contributed by atoms with Crippen LogP contribution >= 0.6 is 11.3 Å². The van der Waals surface area contributed by atoms with Crippen LogP contribution in [-0.4, -0.2) is 24.1 Å². The Morgan fingerprint density at radius 3 is 2.12 bits per heavy atom. The van der Waals surface area contributed by atoms with Gasteiger partial charge in [-0.2, -0.15) is 0 Å². The van der Waals surface area contributed by atoms with Crippen molar-refractivity contribution in [1.29, 1.82) is 0 Å². The van der Waals surface area contributed by atoms with Gasteiger partial charge in [-0.1, -0.05) is 48.5 Å². The minimum atomic E-state index is 0.753. The van der Waals surface area contributed by atoms with Crippen molar-refractivity contribution < 1.29 is 0 Å². The average Bonchev–Trinajstić information content (AvgIpc) is 3.23. The van der Waals surface area contributed by atoms with Crippen LogP contribution in [-0.2, 0) is 0 Å². The molecule has 0 bridgehead atoms. The minimum Gasteiger partial charge on any atom is -0.378 e. The lowest BCUT2D eigenvalue weighted by Crippen LogP contribution is -2.08. The molecule has 0 radical (unpaired) electrons. The molecule has 2 heterocycles. The molecule has 0 spiro atoms. The summed E-state index contributed by atoms with van der Waals surface area (Å²) in [6.45, 7) is 0. The average molecular weight is 357 g/mol. The van der Waals surface area contributed by atoms with Crippen LogP contribution in [0.5, 0.6) is 0 Å². The molecule has 4 heteroatoms. The zero-order valence-electron chi connectivity index (χ0n) is 14.8. The maximum atomic E-state index is 4.84. The lowest BCUT2D eigenvalue weighted by Gasteiger charge is -2.13. The monoisotopic (exact) mass is 357 g/mol. The number of thiophene rings is 1. The first kappa shape index (κ1) is 16.5. The molecular formula is C22H19N3S. The predicted molar refractivity (Wildman–Crippen MR) is 111 cm³/mol. The quantitative estimate of drug-likeness (QED) is 0.476. The second-order valence-electron chi connectivity index (χ2n) is 6.25. The Morgan fingerprint density at radius 2 is 1.46 bits per heavy atom. The van der Waals surface area contributed by atoms with Gasteiger partial charge in [-0.25, -0.2) is 9.97 Å². The molecule has 0 aliphatic carbocycles. The number of rotatable bonds is 4. The molecule has 4 aromatic rings. The van der Waals surface area contributed by atoms with Gasteiger partial charge in [-0.15, -0.1) is 11.3 Å². The van der Waals surface area contributed by atoms with E-state index in [1.807, 2.05) is 44.4 Å². The second kappa shape index (κ2) is 7.10. The Labute approximate surface area is 157 Å². The first-order chi connectivity index (χ1) is 12.7. The summed E-state index contributed by atoms with van der Waals surface area (Å²) in [4.78, 5) is 12.9. The molecule has 2 aromatic carbocycles. The van der Waals surface area contributed by atoms with Gasteiger partial charge in [0, 0.05) is 30.9 Å². The number of benzene rings is 2. The molecule has 0 saturated carbocycles.